The third-order valence-corrected chi connectivity index (χ3v) is 3.27. The van der Waals surface area contributed by atoms with Crippen LogP contribution >= 0.6 is 0 Å². The van der Waals surface area contributed by atoms with Crippen LogP contribution in [-0.2, 0) is 19.2 Å². The summed E-state index contributed by atoms with van der Waals surface area (Å²) in [7, 11) is 0. The van der Waals surface area contributed by atoms with Crippen LogP contribution in [0.2, 0.25) is 0 Å². The topological polar surface area (TPSA) is 191 Å². The Morgan fingerprint density at radius 3 is 1.96 bits per heavy atom. The Hall–Kier alpha value is -2.24. The molecule has 0 rings (SSSR count). The Labute approximate surface area is 145 Å². The van der Waals surface area contributed by atoms with Gasteiger partial charge in [-0.1, -0.05) is 13.8 Å². The monoisotopic (exact) mass is 362 g/mol. The number of aliphatic hydroxyl groups is 2. The van der Waals surface area contributed by atoms with E-state index in [1.807, 2.05) is 0 Å². The maximum Gasteiger partial charge on any atom is 0.328 e. The summed E-state index contributed by atoms with van der Waals surface area (Å²) in [5.41, 5.74) is 5.36. The zero-order chi connectivity index (χ0) is 19.7. The Morgan fingerprint density at radius 1 is 1.00 bits per heavy atom. The number of amides is 3. The molecule has 4 atom stereocenters. The van der Waals surface area contributed by atoms with E-state index in [-0.39, 0.29) is 5.92 Å². The first kappa shape index (κ1) is 22.8. The molecular weight excluding hydrogens is 336 g/mol. The van der Waals surface area contributed by atoms with Crippen LogP contribution in [0.3, 0.4) is 0 Å². The van der Waals surface area contributed by atoms with Crippen molar-refractivity contribution >= 4 is 23.7 Å². The summed E-state index contributed by atoms with van der Waals surface area (Å²) in [5.74, 6) is -3.96. The summed E-state index contributed by atoms with van der Waals surface area (Å²) in [6, 6.07) is -3.68. The van der Waals surface area contributed by atoms with Gasteiger partial charge in [0.25, 0.3) is 0 Å². The van der Waals surface area contributed by atoms with E-state index in [1.165, 1.54) is 6.92 Å². The molecule has 0 saturated carbocycles. The van der Waals surface area contributed by atoms with Gasteiger partial charge < -0.3 is 37.0 Å². The number of nitrogens with one attached hydrogen (secondary N) is 3. The van der Waals surface area contributed by atoms with Crippen LogP contribution in [0.15, 0.2) is 0 Å². The number of carbonyl (C=O) groups excluding carboxylic acids is 3. The van der Waals surface area contributed by atoms with E-state index in [4.69, 9.17) is 15.9 Å². The molecule has 0 bridgehead atoms. The molecule has 11 heteroatoms. The van der Waals surface area contributed by atoms with Gasteiger partial charge in [0.2, 0.25) is 17.7 Å². The number of aliphatic hydroxyl groups excluding tert-OH is 2. The van der Waals surface area contributed by atoms with Gasteiger partial charge in [0.05, 0.1) is 19.3 Å². The highest BCUT2D eigenvalue weighted by atomic mass is 16.4. The van der Waals surface area contributed by atoms with Crippen molar-refractivity contribution in [3.05, 3.63) is 0 Å². The molecule has 3 amide bonds. The lowest BCUT2D eigenvalue weighted by atomic mass is 10.0. The first-order valence-corrected chi connectivity index (χ1v) is 7.66. The van der Waals surface area contributed by atoms with E-state index >= 15 is 0 Å². The second-order valence-electron chi connectivity index (χ2n) is 5.86. The summed E-state index contributed by atoms with van der Waals surface area (Å²) < 4.78 is 0. The molecule has 0 aromatic rings. The molecule has 0 radical (unpaired) electrons. The molecule has 0 aliphatic carbocycles. The van der Waals surface area contributed by atoms with E-state index < -0.39 is 61.1 Å². The van der Waals surface area contributed by atoms with Crippen molar-refractivity contribution in [2.45, 2.75) is 45.0 Å². The molecule has 0 aliphatic rings. The Balaban J connectivity index is 4.69. The number of aliphatic carboxylic acids is 1. The summed E-state index contributed by atoms with van der Waals surface area (Å²) in [6.07, 6.45) is -1.32. The van der Waals surface area contributed by atoms with Crippen molar-refractivity contribution in [1.82, 2.24) is 16.0 Å². The van der Waals surface area contributed by atoms with Gasteiger partial charge in [-0.3, -0.25) is 14.4 Å². The Morgan fingerprint density at radius 2 is 1.56 bits per heavy atom. The molecule has 8 N–H and O–H groups in total. The number of hydrogen-bond acceptors (Lipinski definition) is 7. The summed E-state index contributed by atoms with van der Waals surface area (Å²) in [5, 5.41) is 33.7. The lowest BCUT2D eigenvalue weighted by Gasteiger charge is -2.23. The third-order valence-electron chi connectivity index (χ3n) is 3.27. The Kier molecular flexibility index (Phi) is 9.64. The van der Waals surface area contributed by atoms with E-state index in [2.05, 4.69) is 16.0 Å². The number of rotatable bonds is 10. The predicted molar refractivity (Wildman–Crippen MR) is 86.1 cm³/mol. The van der Waals surface area contributed by atoms with Crippen molar-refractivity contribution < 1.29 is 34.5 Å². The smallest absolute Gasteiger partial charge is 0.328 e. The first-order valence-electron chi connectivity index (χ1n) is 7.66. The maximum atomic E-state index is 12.1. The summed E-state index contributed by atoms with van der Waals surface area (Å²) in [6.45, 7) is 3.38. The summed E-state index contributed by atoms with van der Waals surface area (Å²) >= 11 is 0. The van der Waals surface area contributed by atoms with Gasteiger partial charge in [0, 0.05) is 0 Å². The van der Waals surface area contributed by atoms with Gasteiger partial charge in [-0.15, -0.1) is 0 Å². The molecule has 0 heterocycles. The average molecular weight is 362 g/mol. The molecule has 0 spiro atoms. The molecule has 11 nitrogen and oxygen atoms in total. The van der Waals surface area contributed by atoms with E-state index in [9.17, 15) is 24.3 Å². The van der Waals surface area contributed by atoms with Crippen molar-refractivity contribution in [2.75, 3.05) is 13.2 Å². The van der Waals surface area contributed by atoms with Gasteiger partial charge in [0.1, 0.15) is 12.1 Å². The molecule has 0 aromatic carbocycles. The molecule has 144 valence electrons. The van der Waals surface area contributed by atoms with Crippen molar-refractivity contribution in [3.8, 4) is 0 Å². The van der Waals surface area contributed by atoms with E-state index in [0.29, 0.717) is 0 Å². The van der Waals surface area contributed by atoms with Gasteiger partial charge in [-0.25, -0.2) is 4.79 Å². The average Bonchev–Trinajstić information content (AvgIpc) is 2.53. The van der Waals surface area contributed by atoms with Crippen LogP contribution in [0.5, 0.6) is 0 Å². The minimum absolute atomic E-state index is 0.331. The number of nitrogens with two attached hydrogens (primary N) is 1. The fourth-order valence-electron chi connectivity index (χ4n) is 1.77. The molecule has 0 saturated heterocycles. The van der Waals surface area contributed by atoms with Crippen LogP contribution in [0.1, 0.15) is 20.8 Å². The number of carboxylic acid groups (broad SMARTS) is 1. The normalized spacial score (nSPS) is 15.6. The van der Waals surface area contributed by atoms with Gasteiger partial charge >= 0.3 is 5.97 Å². The quantitative estimate of drug-likeness (QED) is 0.208. The second kappa shape index (κ2) is 10.6. The molecular formula is C14H26N4O7. The van der Waals surface area contributed by atoms with Crippen LogP contribution in [0, 0.1) is 5.92 Å². The van der Waals surface area contributed by atoms with Gasteiger partial charge in [-0.2, -0.15) is 0 Å². The Bertz CT molecular complexity index is 496. The van der Waals surface area contributed by atoms with Gasteiger partial charge in [-0.05, 0) is 12.8 Å². The largest absolute Gasteiger partial charge is 0.480 e. The fourth-order valence-corrected chi connectivity index (χ4v) is 1.77. The van der Waals surface area contributed by atoms with Crippen LogP contribution < -0.4 is 21.7 Å². The van der Waals surface area contributed by atoms with Crippen molar-refractivity contribution in [2.24, 2.45) is 11.7 Å². The van der Waals surface area contributed by atoms with Gasteiger partial charge in [0.15, 0.2) is 6.04 Å². The minimum atomic E-state index is -1.51. The molecule has 0 fully saturated rings. The standard InChI is InChI=1S/C14H26N4O7/c1-6(2)10(18-12(22)8(15)5-19)13(23)16-4-9(21)17-11(7(3)20)14(24)25/h6-8,10-11,19-20H,4-5,15H2,1-3H3,(H,16,23)(H,17,21)(H,18,22)(H,24,25). The molecule has 0 aliphatic heterocycles. The zero-order valence-electron chi connectivity index (χ0n) is 14.4. The molecule has 25 heavy (non-hydrogen) atoms. The van der Waals surface area contributed by atoms with Crippen molar-refractivity contribution in [3.63, 3.8) is 0 Å². The first-order chi connectivity index (χ1) is 11.5. The fraction of sp³-hybridized carbons (Fsp3) is 0.714. The van der Waals surface area contributed by atoms with Crippen LogP contribution in [-0.4, -0.2) is 76.4 Å². The maximum absolute atomic E-state index is 12.1. The number of carbonyl (C=O) groups is 4. The number of carboxylic acids is 1. The second-order valence-corrected chi connectivity index (χ2v) is 5.86. The predicted octanol–water partition coefficient (Wildman–Crippen LogP) is -3.49. The lowest BCUT2D eigenvalue weighted by Crippen LogP contribution is -2.56. The van der Waals surface area contributed by atoms with E-state index in [0.717, 1.165) is 0 Å². The highest BCUT2D eigenvalue weighted by Crippen LogP contribution is 2.02. The molecule has 4 unspecified atom stereocenters. The molecule has 0 aromatic heterocycles. The third kappa shape index (κ3) is 7.92. The van der Waals surface area contributed by atoms with Crippen LogP contribution in [0.25, 0.3) is 0 Å². The van der Waals surface area contributed by atoms with E-state index in [1.54, 1.807) is 13.8 Å². The number of hydrogen-bond donors (Lipinski definition) is 7. The zero-order valence-corrected chi connectivity index (χ0v) is 14.4. The minimum Gasteiger partial charge on any atom is -0.480 e. The highest BCUT2D eigenvalue weighted by molar-refractivity contribution is 5.92. The lowest BCUT2D eigenvalue weighted by molar-refractivity contribution is -0.144. The highest BCUT2D eigenvalue weighted by Gasteiger charge is 2.28. The SMILES string of the molecule is CC(C)C(NC(=O)C(N)CO)C(=O)NCC(=O)NC(C(=O)O)C(C)O. The van der Waals surface area contributed by atoms with Crippen molar-refractivity contribution in [1.29, 1.82) is 0 Å². The summed E-state index contributed by atoms with van der Waals surface area (Å²) in [4.78, 5) is 46.4. The van der Waals surface area contributed by atoms with Crippen LogP contribution in [0.4, 0.5) is 0 Å².